The summed E-state index contributed by atoms with van der Waals surface area (Å²) in [6.45, 7) is 2.70. The second-order valence-electron chi connectivity index (χ2n) is 6.47. The van der Waals surface area contributed by atoms with Crippen LogP contribution >= 0.6 is 22.7 Å². The Morgan fingerprint density at radius 3 is 2.81 bits per heavy atom. The van der Waals surface area contributed by atoms with Gasteiger partial charge in [0.15, 0.2) is 5.13 Å². The third kappa shape index (κ3) is 5.12. The van der Waals surface area contributed by atoms with Crippen LogP contribution in [0.4, 0.5) is 5.13 Å². The van der Waals surface area contributed by atoms with Gasteiger partial charge in [0.05, 0.1) is 17.0 Å². The number of piperidine rings is 1. The Kier molecular flexibility index (Phi) is 6.76. The number of rotatable bonds is 7. The van der Waals surface area contributed by atoms with Crippen molar-refractivity contribution in [3.8, 4) is 0 Å². The highest BCUT2D eigenvalue weighted by Gasteiger charge is 2.23. The molecule has 1 fully saturated rings. The van der Waals surface area contributed by atoms with Crippen molar-refractivity contribution in [1.29, 1.82) is 0 Å². The molecule has 2 aromatic rings. The number of thiazole rings is 1. The monoisotopic (exact) mass is 392 g/mol. The maximum absolute atomic E-state index is 12.5. The van der Waals surface area contributed by atoms with Gasteiger partial charge in [-0.15, -0.1) is 22.7 Å². The molecule has 2 aromatic heterocycles. The lowest BCUT2D eigenvalue weighted by molar-refractivity contribution is -0.131. The molecule has 2 amide bonds. The van der Waals surface area contributed by atoms with Gasteiger partial charge in [-0.2, -0.15) is 0 Å². The van der Waals surface area contributed by atoms with E-state index < -0.39 is 0 Å². The van der Waals surface area contributed by atoms with Crippen molar-refractivity contribution in [2.24, 2.45) is 5.92 Å². The Bertz CT molecular complexity index is 721. The van der Waals surface area contributed by atoms with Crippen molar-refractivity contribution in [3.63, 3.8) is 0 Å². The zero-order valence-electron chi connectivity index (χ0n) is 14.9. The Hall–Kier alpha value is -1.77. The van der Waals surface area contributed by atoms with E-state index >= 15 is 0 Å². The van der Waals surface area contributed by atoms with E-state index in [0.29, 0.717) is 22.3 Å². The van der Waals surface area contributed by atoms with E-state index in [1.54, 1.807) is 6.07 Å². The van der Waals surface area contributed by atoms with Crippen LogP contribution in [0.1, 0.15) is 34.6 Å². The number of hydrogen-bond acceptors (Lipinski definition) is 6. The quantitative estimate of drug-likeness (QED) is 0.760. The molecule has 0 aliphatic carbocycles. The summed E-state index contributed by atoms with van der Waals surface area (Å²) in [7, 11) is 1.98. The van der Waals surface area contributed by atoms with Gasteiger partial charge in [-0.1, -0.05) is 6.07 Å². The second-order valence-corrected chi connectivity index (χ2v) is 8.27. The lowest BCUT2D eigenvalue weighted by Crippen LogP contribution is -2.39. The van der Waals surface area contributed by atoms with Gasteiger partial charge < -0.3 is 10.2 Å². The van der Waals surface area contributed by atoms with Gasteiger partial charge in [-0.05, 0) is 50.2 Å². The summed E-state index contributed by atoms with van der Waals surface area (Å²) >= 11 is 2.75. The summed E-state index contributed by atoms with van der Waals surface area (Å²) in [6.07, 6.45) is 3.63. The summed E-state index contributed by atoms with van der Waals surface area (Å²) in [5.74, 6) is 0.680. The molecule has 1 saturated heterocycles. The minimum Gasteiger partial charge on any atom is -0.342 e. The third-order valence-corrected chi connectivity index (χ3v) is 6.29. The van der Waals surface area contributed by atoms with Crippen molar-refractivity contribution in [3.05, 3.63) is 33.5 Å². The molecular formula is C18H24N4O2S2. The highest BCUT2D eigenvalue weighted by atomic mass is 32.1. The molecule has 1 aliphatic heterocycles. The van der Waals surface area contributed by atoms with E-state index in [2.05, 4.69) is 15.6 Å². The summed E-state index contributed by atoms with van der Waals surface area (Å²) in [5.41, 5.74) is 0.721. The van der Waals surface area contributed by atoms with E-state index in [0.717, 1.165) is 38.2 Å². The minimum atomic E-state index is -0.157. The molecule has 3 rings (SSSR count). The fourth-order valence-corrected chi connectivity index (χ4v) is 4.42. The van der Waals surface area contributed by atoms with Crippen LogP contribution in [-0.4, -0.2) is 48.4 Å². The standard InChI is InChI=1S/C18H24N4O2S2/c1-19-7-4-13-5-8-22(9-6-13)16(23)11-14-12-26-18(20-14)21-17(24)15-3-2-10-25-15/h2-3,10,12-13,19H,4-9,11H2,1H3,(H,20,21,24). The predicted molar refractivity (Wildman–Crippen MR) is 106 cm³/mol. The van der Waals surface area contributed by atoms with Crippen LogP contribution in [0.2, 0.25) is 0 Å². The first-order valence-corrected chi connectivity index (χ1v) is 10.6. The van der Waals surface area contributed by atoms with Gasteiger partial charge in [0, 0.05) is 18.5 Å². The average molecular weight is 393 g/mol. The molecule has 3 heterocycles. The van der Waals surface area contributed by atoms with Crippen LogP contribution in [0.5, 0.6) is 0 Å². The van der Waals surface area contributed by atoms with Gasteiger partial charge in [-0.25, -0.2) is 4.98 Å². The molecular weight excluding hydrogens is 368 g/mol. The normalized spacial score (nSPS) is 15.2. The fourth-order valence-electron chi connectivity index (χ4n) is 3.10. The number of nitrogens with one attached hydrogen (secondary N) is 2. The maximum Gasteiger partial charge on any atom is 0.267 e. The van der Waals surface area contributed by atoms with E-state index in [1.807, 2.05) is 28.8 Å². The average Bonchev–Trinajstić information content (AvgIpc) is 3.32. The Morgan fingerprint density at radius 1 is 1.31 bits per heavy atom. The van der Waals surface area contributed by atoms with Crippen LogP contribution in [0.25, 0.3) is 0 Å². The van der Waals surface area contributed by atoms with Crippen molar-refractivity contribution in [2.75, 3.05) is 32.0 Å². The maximum atomic E-state index is 12.5. The topological polar surface area (TPSA) is 74.3 Å². The zero-order valence-corrected chi connectivity index (χ0v) is 16.5. The van der Waals surface area contributed by atoms with Crippen LogP contribution < -0.4 is 10.6 Å². The van der Waals surface area contributed by atoms with Gasteiger partial charge in [-0.3, -0.25) is 14.9 Å². The van der Waals surface area contributed by atoms with Crippen LogP contribution in [0.3, 0.4) is 0 Å². The van der Waals surface area contributed by atoms with Crippen molar-refractivity contribution >= 4 is 39.6 Å². The Morgan fingerprint density at radius 2 is 2.12 bits per heavy atom. The predicted octanol–water partition coefficient (Wildman–Crippen LogP) is 2.85. The molecule has 0 spiro atoms. The smallest absolute Gasteiger partial charge is 0.267 e. The number of amides is 2. The summed E-state index contributed by atoms with van der Waals surface area (Å²) in [4.78, 5) is 31.5. The number of nitrogens with zero attached hydrogens (tertiary/aromatic N) is 2. The molecule has 26 heavy (non-hydrogen) atoms. The van der Waals surface area contributed by atoms with Crippen molar-refractivity contribution < 1.29 is 9.59 Å². The van der Waals surface area contributed by atoms with Crippen molar-refractivity contribution in [1.82, 2.24) is 15.2 Å². The number of likely N-dealkylation sites (tertiary alicyclic amines) is 1. The Balaban J connectivity index is 1.47. The molecule has 0 bridgehead atoms. The number of hydrogen-bond donors (Lipinski definition) is 2. The van der Waals surface area contributed by atoms with Crippen molar-refractivity contribution in [2.45, 2.75) is 25.7 Å². The van der Waals surface area contributed by atoms with E-state index in [-0.39, 0.29) is 11.8 Å². The van der Waals surface area contributed by atoms with Gasteiger partial charge >= 0.3 is 0 Å². The first kappa shape index (κ1) is 19.0. The zero-order chi connectivity index (χ0) is 18.4. The number of carbonyl (C=O) groups excluding carboxylic acids is 2. The number of aromatic nitrogens is 1. The van der Waals surface area contributed by atoms with E-state index in [9.17, 15) is 9.59 Å². The lowest BCUT2D eigenvalue weighted by atomic mass is 9.93. The van der Waals surface area contributed by atoms with Crippen LogP contribution in [-0.2, 0) is 11.2 Å². The third-order valence-electron chi connectivity index (χ3n) is 4.62. The van der Waals surface area contributed by atoms with Crippen LogP contribution in [0.15, 0.2) is 22.9 Å². The molecule has 140 valence electrons. The molecule has 2 N–H and O–H groups in total. The first-order valence-electron chi connectivity index (χ1n) is 8.87. The fraction of sp³-hybridized carbons (Fsp3) is 0.500. The lowest BCUT2D eigenvalue weighted by Gasteiger charge is -2.32. The second kappa shape index (κ2) is 9.25. The first-order chi connectivity index (χ1) is 12.7. The van der Waals surface area contributed by atoms with Gasteiger partial charge in [0.2, 0.25) is 5.91 Å². The largest absolute Gasteiger partial charge is 0.342 e. The summed E-state index contributed by atoms with van der Waals surface area (Å²) < 4.78 is 0. The molecule has 6 nitrogen and oxygen atoms in total. The molecule has 0 saturated carbocycles. The van der Waals surface area contributed by atoms with Gasteiger partial charge in [0.1, 0.15) is 0 Å². The molecule has 0 atom stereocenters. The molecule has 1 aliphatic rings. The van der Waals surface area contributed by atoms with E-state index in [4.69, 9.17) is 0 Å². The summed E-state index contributed by atoms with van der Waals surface area (Å²) in [6, 6.07) is 3.62. The molecule has 0 aromatic carbocycles. The number of anilines is 1. The Labute approximate surface area is 161 Å². The number of carbonyl (C=O) groups is 2. The minimum absolute atomic E-state index is 0.124. The number of thiophene rings is 1. The molecule has 0 radical (unpaired) electrons. The molecule has 0 unspecified atom stereocenters. The highest BCUT2D eigenvalue weighted by Crippen LogP contribution is 2.22. The SMILES string of the molecule is CNCCC1CCN(C(=O)Cc2csc(NC(=O)c3cccs3)n2)CC1. The molecule has 8 heteroatoms. The van der Waals surface area contributed by atoms with Crippen LogP contribution in [0, 0.1) is 5.92 Å². The van der Waals surface area contributed by atoms with E-state index in [1.165, 1.54) is 29.1 Å². The summed E-state index contributed by atoms with van der Waals surface area (Å²) in [5, 5.41) is 10.2. The highest BCUT2D eigenvalue weighted by molar-refractivity contribution is 7.14. The van der Waals surface area contributed by atoms with Gasteiger partial charge in [0.25, 0.3) is 5.91 Å².